The standard InChI is InChI=1S/C17H27NO2/c1-5-13(3)11-18(6-2)12-15-7-9-16(10-8-15)14(4)17(19)20/h7-10,13-14H,5-6,11-12H2,1-4H3,(H,19,20). The van der Waals surface area contributed by atoms with Gasteiger partial charge in [0.2, 0.25) is 0 Å². The van der Waals surface area contributed by atoms with E-state index in [2.05, 4.69) is 25.7 Å². The van der Waals surface area contributed by atoms with E-state index < -0.39 is 11.9 Å². The van der Waals surface area contributed by atoms with Crippen LogP contribution in [0.4, 0.5) is 0 Å². The summed E-state index contributed by atoms with van der Waals surface area (Å²) in [4.78, 5) is 13.4. The van der Waals surface area contributed by atoms with Gasteiger partial charge in [0.1, 0.15) is 0 Å². The van der Waals surface area contributed by atoms with Crippen LogP contribution in [0.15, 0.2) is 24.3 Å². The van der Waals surface area contributed by atoms with E-state index in [1.807, 2.05) is 24.3 Å². The molecular formula is C17H27NO2. The predicted octanol–water partition coefficient (Wildman–Crippen LogP) is 3.74. The quantitative estimate of drug-likeness (QED) is 0.787. The molecule has 0 aliphatic rings. The molecule has 2 atom stereocenters. The second kappa shape index (κ2) is 8.05. The summed E-state index contributed by atoms with van der Waals surface area (Å²) in [5.41, 5.74) is 2.11. The Bertz CT molecular complexity index is 414. The van der Waals surface area contributed by atoms with Crippen LogP contribution in [0, 0.1) is 5.92 Å². The number of aliphatic carboxylic acids is 1. The minimum atomic E-state index is -0.773. The molecule has 1 aromatic carbocycles. The van der Waals surface area contributed by atoms with E-state index in [1.165, 1.54) is 12.0 Å². The molecule has 0 fully saturated rings. The predicted molar refractivity (Wildman–Crippen MR) is 82.9 cm³/mol. The van der Waals surface area contributed by atoms with Crippen molar-refractivity contribution < 1.29 is 9.90 Å². The third kappa shape index (κ3) is 4.97. The van der Waals surface area contributed by atoms with Crippen LogP contribution >= 0.6 is 0 Å². The molecule has 0 bridgehead atoms. The first-order valence-corrected chi connectivity index (χ1v) is 7.51. The Morgan fingerprint density at radius 2 is 1.80 bits per heavy atom. The lowest BCUT2D eigenvalue weighted by atomic mass is 10.00. The molecule has 3 heteroatoms. The molecule has 3 nitrogen and oxygen atoms in total. The zero-order valence-electron chi connectivity index (χ0n) is 13.1. The fraction of sp³-hybridized carbons (Fsp3) is 0.588. The molecule has 112 valence electrons. The highest BCUT2D eigenvalue weighted by molar-refractivity contribution is 5.75. The van der Waals surface area contributed by atoms with Crippen molar-refractivity contribution in [2.45, 2.75) is 46.6 Å². The number of hydrogen-bond acceptors (Lipinski definition) is 2. The molecule has 1 aromatic rings. The van der Waals surface area contributed by atoms with Crippen LogP contribution in [0.25, 0.3) is 0 Å². The number of rotatable bonds is 8. The highest BCUT2D eigenvalue weighted by Crippen LogP contribution is 2.17. The Balaban J connectivity index is 2.66. The van der Waals surface area contributed by atoms with Crippen molar-refractivity contribution in [3.8, 4) is 0 Å². The third-order valence-corrected chi connectivity index (χ3v) is 3.97. The van der Waals surface area contributed by atoms with Crippen LogP contribution in [-0.4, -0.2) is 29.1 Å². The zero-order chi connectivity index (χ0) is 15.1. The van der Waals surface area contributed by atoms with Gasteiger partial charge in [0.15, 0.2) is 0 Å². The van der Waals surface area contributed by atoms with E-state index in [-0.39, 0.29) is 0 Å². The minimum Gasteiger partial charge on any atom is -0.481 e. The largest absolute Gasteiger partial charge is 0.481 e. The smallest absolute Gasteiger partial charge is 0.310 e. The maximum absolute atomic E-state index is 11.0. The van der Waals surface area contributed by atoms with Crippen LogP contribution in [0.3, 0.4) is 0 Å². The Hall–Kier alpha value is -1.35. The lowest BCUT2D eigenvalue weighted by molar-refractivity contribution is -0.138. The summed E-state index contributed by atoms with van der Waals surface area (Å²) in [6.45, 7) is 11.5. The summed E-state index contributed by atoms with van der Waals surface area (Å²) in [5, 5.41) is 9.01. The van der Waals surface area contributed by atoms with Gasteiger partial charge in [-0.15, -0.1) is 0 Å². The monoisotopic (exact) mass is 277 g/mol. The molecule has 20 heavy (non-hydrogen) atoms. The van der Waals surface area contributed by atoms with E-state index in [4.69, 9.17) is 5.11 Å². The van der Waals surface area contributed by atoms with Crippen molar-refractivity contribution >= 4 is 5.97 Å². The fourth-order valence-electron chi connectivity index (χ4n) is 2.19. The zero-order valence-corrected chi connectivity index (χ0v) is 13.1. The van der Waals surface area contributed by atoms with Gasteiger partial charge < -0.3 is 5.11 Å². The van der Waals surface area contributed by atoms with Crippen LogP contribution in [0.2, 0.25) is 0 Å². The third-order valence-electron chi connectivity index (χ3n) is 3.97. The van der Waals surface area contributed by atoms with Gasteiger partial charge in [0.25, 0.3) is 0 Å². The molecule has 0 amide bonds. The Morgan fingerprint density at radius 1 is 1.20 bits per heavy atom. The average Bonchev–Trinajstić information content (AvgIpc) is 2.46. The van der Waals surface area contributed by atoms with Gasteiger partial charge in [-0.25, -0.2) is 0 Å². The molecule has 0 saturated carbocycles. The summed E-state index contributed by atoms with van der Waals surface area (Å²) < 4.78 is 0. The maximum atomic E-state index is 11.0. The van der Waals surface area contributed by atoms with Crippen molar-refractivity contribution in [2.24, 2.45) is 5.92 Å². The highest BCUT2D eigenvalue weighted by Gasteiger charge is 2.13. The van der Waals surface area contributed by atoms with Crippen molar-refractivity contribution in [1.82, 2.24) is 4.90 Å². The number of nitrogens with zero attached hydrogens (tertiary/aromatic N) is 1. The number of carbonyl (C=O) groups is 1. The average molecular weight is 277 g/mol. The molecule has 0 saturated heterocycles. The maximum Gasteiger partial charge on any atom is 0.310 e. The summed E-state index contributed by atoms with van der Waals surface area (Å²) in [5.74, 6) is -0.502. The van der Waals surface area contributed by atoms with Crippen LogP contribution < -0.4 is 0 Å². The van der Waals surface area contributed by atoms with Gasteiger partial charge in [-0.2, -0.15) is 0 Å². The van der Waals surface area contributed by atoms with Crippen LogP contribution in [0.5, 0.6) is 0 Å². The molecular weight excluding hydrogens is 250 g/mol. The fourth-order valence-corrected chi connectivity index (χ4v) is 2.19. The first-order valence-electron chi connectivity index (χ1n) is 7.51. The SMILES string of the molecule is CCC(C)CN(CC)Cc1ccc(C(C)C(=O)O)cc1. The van der Waals surface area contributed by atoms with Gasteiger partial charge in [0.05, 0.1) is 5.92 Å². The first kappa shape index (κ1) is 16.7. The number of benzene rings is 1. The second-order valence-electron chi connectivity index (χ2n) is 5.64. The summed E-state index contributed by atoms with van der Waals surface area (Å²) in [6, 6.07) is 7.97. The van der Waals surface area contributed by atoms with E-state index >= 15 is 0 Å². The number of hydrogen-bond donors (Lipinski definition) is 1. The molecule has 2 unspecified atom stereocenters. The lowest BCUT2D eigenvalue weighted by Gasteiger charge is -2.24. The molecule has 0 aliphatic heterocycles. The van der Waals surface area contributed by atoms with Crippen molar-refractivity contribution in [3.63, 3.8) is 0 Å². The van der Waals surface area contributed by atoms with Crippen molar-refractivity contribution in [1.29, 1.82) is 0 Å². The van der Waals surface area contributed by atoms with Gasteiger partial charge in [-0.1, -0.05) is 51.5 Å². The molecule has 1 N–H and O–H groups in total. The summed E-state index contributed by atoms with van der Waals surface area (Å²) in [7, 11) is 0. The van der Waals surface area contributed by atoms with Gasteiger partial charge in [0, 0.05) is 13.1 Å². The van der Waals surface area contributed by atoms with E-state index in [1.54, 1.807) is 6.92 Å². The van der Waals surface area contributed by atoms with Crippen molar-refractivity contribution in [3.05, 3.63) is 35.4 Å². The molecule has 0 aromatic heterocycles. The molecule has 0 spiro atoms. The lowest BCUT2D eigenvalue weighted by Crippen LogP contribution is -2.27. The minimum absolute atomic E-state index is 0.438. The summed E-state index contributed by atoms with van der Waals surface area (Å²) >= 11 is 0. The van der Waals surface area contributed by atoms with E-state index in [9.17, 15) is 4.79 Å². The molecule has 0 aliphatic carbocycles. The normalized spacial score (nSPS) is 14.2. The van der Waals surface area contributed by atoms with E-state index in [0.29, 0.717) is 5.92 Å². The van der Waals surface area contributed by atoms with Gasteiger partial charge >= 0.3 is 5.97 Å². The van der Waals surface area contributed by atoms with Gasteiger partial charge in [-0.05, 0) is 30.5 Å². The Labute approximate surface area is 122 Å². The topological polar surface area (TPSA) is 40.5 Å². The van der Waals surface area contributed by atoms with Crippen molar-refractivity contribution in [2.75, 3.05) is 13.1 Å². The Kier molecular flexibility index (Phi) is 6.73. The molecule has 0 radical (unpaired) electrons. The highest BCUT2D eigenvalue weighted by atomic mass is 16.4. The molecule has 0 heterocycles. The van der Waals surface area contributed by atoms with E-state index in [0.717, 1.165) is 25.2 Å². The number of carboxylic acid groups (broad SMARTS) is 1. The number of carboxylic acids is 1. The Morgan fingerprint density at radius 3 is 2.25 bits per heavy atom. The van der Waals surface area contributed by atoms with Crippen LogP contribution in [0.1, 0.15) is 51.2 Å². The second-order valence-corrected chi connectivity index (χ2v) is 5.64. The first-order chi connectivity index (χ1) is 9.47. The van der Waals surface area contributed by atoms with Crippen LogP contribution in [-0.2, 0) is 11.3 Å². The summed E-state index contributed by atoms with van der Waals surface area (Å²) in [6.07, 6.45) is 1.20. The molecule has 1 rings (SSSR count). The van der Waals surface area contributed by atoms with Gasteiger partial charge in [-0.3, -0.25) is 9.69 Å².